The van der Waals surface area contributed by atoms with Gasteiger partial charge in [0.05, 0.1) is 18.5 Å². The van der Waals surface area contributed by atoms with Crippen LogP contribution in [0.5, 0.6) is 0 Å². The van der Waals surface area contributed by atoms with Gasteiger partial charge in [-0.25, -0.2) is 0 Å². The second-order valence-electron chi connectivity index (χ2n) is 5.57. The highest BCUT2D eigenvalue weighted by Crippen LogP contribution is 2.35. The Bertz CT molecular complexity index is 723. The van der Waals surface area contributed by atoms with Gasteiger partial charge in [0.1, 0.15) is 5.76 Å². The molecule has 120 valence electrons. The van der Waals surface area contributed by atoms with Gasteiger partial charge in [0, 0.05) is 38.9 Å². The van der Waals surface area contributed by atoms with Crippen LogP contribution in [-0.4, -0.2) is 40.4 Å². The van der Waals surface area contributed by atoms with Gasteiger partial charge in [-0.1, -0.05) is 0 Å². The third-order valence-corrected chi connectivity index (χ3v) is 5.88. The topological polar surface area (TPSA) is 71.6 Å². The van der Waals surface area contributed by atoms with Crippen LogP contribution in [0.1, 0.15) is 30.2 Å². The van der Waals surface area contributed by atoms with Crippen LogP contribution in [0, 0.1) is 0 Å². The second-order valence-corrected chi connectivity index (χ2v) is 7.56. The zero-order chi connectivity index (χ0) is 15.7. The van der Waals surface area contributed by atoms with Crippen LogP contribution < -0.4 is 0 Å². The van der Waals surface area contributed by atoms with E-state index in [0.29, 0.717) is 18.8 Å². The van der Waals surface area contributed by atoms with E-state index in [2.05, 4.69) is 5.10 Å². The number of furan rings is 1. The molecule has 3 heterocycles. The van der Waals surface area contributed by atoms with E-state index in [1.165, 1.54) is 8.61 Å². The van der Waals surface area contributed by atoms with Gasteiger partial charge >= 0.3 is 0 Å². The van der Waals surface area contributed by atoms with E-state index < -0.39 is 10.2 Å². The first-order valence-electron chi connectivity index (χ1n) is 7.22. The first-order valence-corrected chi connectivity index (χ1v) is 8.62. The van der Waals surface area contributed by atoms with Crippen molar-refractivity contribution in [3.8, 4) is 0 Å². The molecule has 1 saturated heterocycles. The van der Waals surface area contributed by atoms with Gasteiger partial charge in [-0.15, -0.1) is 0 Å². The number of nitrogens with zero attached hydrogens (tertiary/aromatic N) is 4. The van der Waals surface area contributed by atoms with E-state index in [9.17, 15) is 8.42 Å². The number of aromatic nitrogens is 2. The van der Waals surface area contributed by atoms with E-state index in [-0.39, 0.29) is 6.04 Å². The molecule has 2 aromatic rings. The number of rotatable bonds is 5. The molecule has 2 aromatic heterocycles. The third-order valence-electron chi connectivity index (χ3n) is 3.93. The second kappa shape index (κ2) is 5.86. The number of aryl methyl sites for hydroxylation is 1. The SMILES string of the molecule is CN(Cc1cnn(C)c1)S(=O)(=O)N1CCCC1c1ccco1. The quantitative estimate of drug-likeness (QED) is 0.836. The minimum atomic E-state index is -3.53. The summed E-state index contributed by atoms with van der Waals surface area (Å²) >= 11 is 0. The van der Waals surface area contributed by atoms with Crippen LogP contribution >= 0.6 is 0 Å². The molecule has 1 unspecified atom stereocenters. The molecule has 22 heavy (non-hydrogen) atoms. The summed E-state index contributed by atoms with van der Waals surface area (Å²) in [5.74, 6) is 0.704. The summed E-state index contributed by atoms with van der Waals surface area (Å²) < 4.78 is 35.6. The highest BCUT2D eigenvalue weighted by atomic mass is 32.2. The fourth-order valence-corrected chi connectivity index (χ4v) is 4.41. The summed E-state index contributed by atoms with van der Waals surface area (Å²) in [6.07, 6.45) is 6.70. The third kappa shape index (κ3) is 2.81. The molecule has 0 spiro atoms. The molecular formula is C14H20N4O3S. The van der Waals surface area contributed by atoms with E-state index in [1.807, 2.05) is 19.3 Å². The summed E-state index contributed by atoms with van der Waals surface area (Å²) in [4.78, 5) is 0. The molecule has 1 aliphatic heterocycles. The molecule has 0 aliphatic carbocycles. The molecule has 1 fully saturated rings. The van der Waals surface area contributed by atoms with Crippen molar-refractivity contribution in [1.29, 1.82) is 0 Å². The Balaban J connectivity index is 1.79. The van der Waals surface area contributed by atoms with E-state index in [0.717, 1.165) is 18.4 Å². The van der Waals surface area contributed by atoms with Crippen molar-refractivity contribution in [2.45, 2.75) is 25.4 Å². The zero-order valence-electron chi connectivity index (χ0n) is 12.7. The van der Waals surface area contributed by atoms with Gasteiger partial charge in [-0.3, -0.25) is 4.68 Å². The van der Waals surface area contributed by atoms with Crippen LogP contribution in [0.2, 0.25) is 0 Å². The lowest BCUT2D eigenvalue weighted by atomic mass is 10.2. The normalized spacial score (nSPS) is 20.0. The molecular weight excluding hydrogens is 304 g/mol. The number of hydrogen-bond donors (Lipinski definition) is 0. The van der Waals surface area contributed by atoms with Crippen LogP contribution in [0.4, 0.5) is 0 Å². The molecule has 0 saturated carbocycles. The average molecular weight is 324 g/mol. The molecule has 0 aromatic carbocycles. The van der Waals surface area contributed by atoms with E-state index >= 15 is 0 Å². The van der Waals surface area contributed by atoms with E-state index in [4.69, 9.17) is 4.42 Å². The maximum Gasteiger partial charge on any atom is 0.282 e. The van der Waals surface area contributed by atoms with Crippen LogP contribution in [0.15, 0.2) is 35.2 Å². The van der Waals surface area contributed by atoms with Gasteiger partial charge in [0.25, 0.3) is 10.2 Å². The molecule has 0 N–H and O–H groups in total. The standard InChI is InChI=1S/C14H20N4O3S/c1-16-10-12(9-15-16)11-17(2)22(19,20)18-7-3-5-13(18)14-6-4-8-21-14/h4,6,8-10,13H,3,5,7,11H2,1-2H3. The van der Waals surface area contributed by atoms with Gasteiger partial charge in [-0.2, -0.15) is 22.1 Å². The van der Waals surface area contributed by atoms with Crippen molar-refractivity contribution in [2.24, 2.45) is 7.05 Å². The lowest BCUT2D eigenvalue weighted by Crippen LogP contribution is -2.41. The van der Waals surface area contributed by atoms with Crippen molar-refractivity contribution in [3.05, 3.63) is 42.1 Å². The minimum Gasteiger partial charge on any atom is -0.468 e. The van der Waals surface area contributed by atoms with Crippen molar-refractivity contribution in [3.63, 3.8) is 0 Å². The Morgan fingerprint density at radius 3 is 2.95 bits per heavy atom. The molecule has 1 aliphatic rings. The lowest BCUT2D eigenvalue weighted by molar-refractivity contribution is 0.311. The first kappa shape index (κ1) is 15.3. The molecule has 8 heteroatoms. The molecule has 7 nitrogen and oxygen atoms in total. The summed E-state index contributed by atoms with van der Waals surface area (Å²) in [6.45, 7) is 0.822. The Morgan fingerprint density at radius 1 is 1.50 bits per heavy atom. The Morgan fingerprint density at radius 2 is 2.32 bits per heavy atom. The molecule has 0 amide bonds. The summed E-state index contributed by atoms with van der Waals surface area (Å²) in [7, 11) is -0.125. The first-order chi connectivity index (χ1) is 10.5. The highest BCUT2D eigenvalue weighted by Gasteiger charge is 2.38. The van der Waals surface area contributed by atoms with Gasteiger partial charge in [0.2, 0.25) is 0 Å². The summed E-state index contributed by atoms with van der Waals surface area (Å²) in [5.41, 5.74) is 0.863. The Hall–Kier alpha value is -1.64. The lowest BCUT2D eigenvalue weighted by Gasteiger charge is -2.27. The molecule has 3 rings (SSSR count). The predicted octanol–water partition coefficient (Wildman–Crippen LogP) is 1.53. The van der Waals surface area contributed by atoms with Crippen LogP contribution in [-0.2, 0) is 23.8 Å². The van der Waals surface area contributed by atoms with Crippen molar-refractivity contribution < 1.29 is 12.8 Å². The van der Waals surface area contributed by atoms with Gasteiger partial charge < -0.3 is 4.42 Å². The monoisotopic (exact) mass is 324 g/mol. The molecule has 1 atom stereocenters. The van der Waals surface area contributed by atoms with Crippen LogP contribution in [0.3, 0.4) is 0 Å². The predicted molar refractivity (Wildman–Crippen MR) is 81.0 cm³/mol. The number of hydrogen-bond acceptors (Lipinski definition) is 4. The highest BCUT2D eigenvalue weighted by molar-refractivity contribution is 7.86. The van der Waals surface area contributed by atoms with Crippen molar-refractivity contribution in [1.82, 2.24) is 18.4 Å². The molecule has 0 radical (unpaired) electrons. The molecule has 0 bridgehead atoms. The average Bonchev–Trinajstić information content (AvgIpc) is 3.18. The van der Waals surface area contributed by atoms with Gasteiger partial charge in [-0.05, 0) is 25.0 Å². The van der Waals surface area contributed by atoms with E-state index in [1.54, 1.807) is 30.3 Å². The van der Waals surface area contributed by atoms with Gasteiger partial charge in [0.15, 0.2) is 0 Å². The van der Waals surface area contributed by atoms with Crippen molar-refractivity contribution in [2.75, 3.05) is 13.6 Å². The summed E-state index contributed by atoms with van der Waals surface area (Å²) in [6, 6.07) is 3.41. The smallest absolute Gasteiger partial charge is 0.282 e. The van der Waals surface area contributed by atoms with Crippen LogP contribution in [0.25, 0.3) is 0 Å². The summed E-state index contributed by atoms with van der Waals surface area (Å²) in [5, 5.41) is 4.07. The maximum absolute atomic E-state index is 12.8. The largest absolute Gasteiger partial charge is 0.468 e. The maximum atomic E-state index is 12.8. The minimum absolute atomic E-state index is 0.212. The Kier molecular flexibility index (Phi) is 4.07. The fourth-order valence-electron chi connectivity index (χ4n) is 2.85. The fraction of sp³-hybridized carbons (Fsp3) is 0.500. The Labute approximate surface area is 130 Å². The van der Waals surface area contributed by atoms with Crippen molar-refractivity contribution >= 4 is 10.2 Å². The zero-order valence-corrected chi connectivity index (χ0v) is 13.5.